The molecule has 5 nitrogen and oxygen atoms in total. The largest absolute Gasteiger partial charge is 0.454 e. The minimum absolute atomic E-state index is 0.0760. The molecule has 0 radical (unpaired) electrons. The van der Waals surface area contributed by atoms with Gasteiger partial charge in [0.25, 0.3) is 0 Å². The van der Waals surface area contributed by atoms with Crippen LogP contribution in [-0.4, -0.2) is 33.0 Å². The Labute approximate surface area is 147 Å². The number of benzene rings is 2. The van der Waals surface area contributed by atoms with E-state index in [1.165, 1.54) is 24.3 Å². The number of sulfone groups is 1. The molecule has 6 heteroatoms. The van der Waals surface area contributed by atoms with Crippen LogP contribution in [0.5, 0.6) is 0 Å². The molecule has 0 bridgehead atoms. The summed E-state index contributed by atoms with van der Waals surface area (Å²) in [5, 5.41) is 0. The van der Waals surface area contributed by atoms with E-state index in [1.54, 1.807) is 12.1 Å². The molecule has 0 saturated heterocycles. The van der Waals surface area contributed by atoms with Gasteiger partial charge in [-0.2, -0.15) is 0 Å². The summed E-state index contributed by atoms with van der Waals surface area (Å²) in [6, 6.07) is 12.9. The summed E-state index contributed by atoms with van der Waals surface area (Å²) in [5.74, 6) is -0.830. The van der Waals surface area contributed by atoms with Crippen LogP contribution in [0.2, 0.25) is 0 Å². The van der Waals surface area contributed by atoms with Crippen LogP contribution in [0.4, 0.5) is 0 Å². The van der Waals surface area contributed by atoms with Crippen LogP contribution in [0.15, 0.2) is 53.4 Å². The van der Waals surface area contributed by atoms with Gasteiger partial charge in [-0.15, -0.1) is 0 Å². The van der Waals surface area contributed by atoms with E-state index in [2.05, 4.69) is 13.8 Å². The van der Waals surface area contributed by atoms with Crippen LogP contribution < -0.4 is 0 Å². The second kappa shape index (κ2) is 7.61. The Hall–Kier alpha value is -2.47. The smallest absolute Gasteiger partial charge is 0.339 e. The topological polar surface area (TPSA) is 77.5 Å². The molecule has 0 aliphatic heterocycles. The Kier molecular flexibility index (Phi) is 5.74. The highest BCUT2D eigenvalue weighted by molar-refractivity contribution is 7.90. The third kappa shape index (κ3) is 4.76. The zero-order chi connectivity index (χ0) is 18.6. The van der Waals surface area contributed by atoms with Crippen molar-refractivity contribution in [1.82, 2.24) is 0 Å². The molecule has 0 unspecified atom stereocenters. The molecular formula is C19H20O5S. The highest BCUT2D eigenvalue weighted by Gasteiger charge is 2.20. The van der Waals surface area contributed by atoms with Crippen LogP contribution in [0, 0.1) is 0 Å². The van der Waals surface area contributed by atoms with Crippen molar-refractivity contribution in [3.63, 3.8) is 0 Å². The Morgan fingerprint density at radius 2 is 1.60 bits per heavy atom. The fraction of sp³-hybridized carbons (Fsp3) is 0.263. The number of hydrogen-bond acceptors (Lipinski definition) is 5. The van der Waals surface area contributed by atoms with Gasteiger partial charge in [-0.25, -0.2) is 13.2 Å². The molecule has 0 N–H and O–H groups in total. The lowest BCUT2D eigenvalue weighted by molar-refractivity contribution is 0.0471. The lowest BCUT2D eigenvalue weighted by Crippen LogP contribution is -2.16. The molecule has 0 heterocycles. The molecule has 25 heavy (non-hydrogen) atoms. The molecule has 0 fully saturated rings. The molecule has 0 amide bonds. The molecule has 0 aliphatic rings. The van der Waals surface area contributed by atoms with Crippen LogP contribution in [0.25, 0.3) is 0 Å². The zero-order valence-corrected chi connectivity index (χ0v) is 15.2. The van der Waals surface area contributed by atoms with Crippen molar-refractivity contribution in [2.75, 3.05) is 12.9 Å². The second-order valence-electron chi connectivity index (χ2n) is 6.04. The van der Waals surface area contributed by atoms with E-state index in [0.29, 0.717) is 11.5 Å². The molecule has 0 atom stereocenters. The SMILES string of the molecule is CC(C)c1ccc(C(=O)COC(=O)c2ccccc2S(C)(=O)=O)cc1. The van der Waals surface area contributed by atoms with Crippen LogP contribution in [0.1, 0.15) is 46.0 Å². The quantitative estimate of drug-likeness (QED) is 0.584. The number of esters is 1. The Balaban J connectivity index is 2.09. The zero-order valence-electron chi connectivity index (χ0n) is 14.4. The van der Waals surface area contributed by atoms with E-state index in [9.17, 15) is 18.0 Å². The van der Waals surface area contributed by atoms with Crippen LogP contribution >= 0.6 is 0 Å². The van der Waals surface area contributed by atoms with Gasteiger partial charge in [0.15, 0.2) is 22.2 Å². The van der Waals surface area contributed by atoms with Gasteiger partial charge >= 0.3 is 5.97 Å². The first-order valence-corrected chi connectivity index (χ1v) is 9.68. The number of carbonyl (C=O) groups excluding carboxylic acids is 2. The van der Waals surface area contributed by atoms with Gasteiger partial charge < -0.3 is 4.74 Å². The molecule has 2 aromatic carbocycles. The molecule has 0 aromatic heterocycles. The van der Waals surface area contributed by atoms with E-state index in [-0.39, 0.29) is 16.2 Å². The van der Waals surface area contributed by atoms with Gasteiger partial charge in [-0.1, -0.05) is 50.2 Å². The number of ether oxygens (including phenoxy) is 1. The van der Waals surface area contributed by atoms with E-state index < -0.39 is 22.4 Å². The third-order valence-corrected chi connectivity index (χ3v) is 4.90. The summed E-state index contributed by atoms with van der Waals surface area (Å²) in [6.07, 6.45) is 1.01. The average Bonchev–Trinajstić information content (AvgIpc) is 2.58. The van der Waals surface area contributed by atoms with Gasteiger partial charge in [0.05, 0.1) is 10.5 Å². The molecule has 132 valence electrons. The van der Waals surface area contributed by atoms with Gasteiger partial charge in [-0.05, 0) is 23.6 Å². The molecule has 0 saturated carbocycles. The molecule has 0 spiro atoms. The first-order valence-electron chi connectivity index (χ1n) is 7.79. The fourth-order valence-corrected chi connectivity index (χ4v) is 3.18. The molecular weight excluding hydrogens is 340 g/mol. The molecule has 2 aromatic rings. The predicted octanol–water partition coefficient (Wildman–Crippen LogP) is 3.25. The Morgan fingerprint density at radius 1 is 1.00 bits per heavy atom. The van der Waals surface area contributed by atoms with Crippen LogP contribution in [-0.2, 0) is 14.6 Å². The maximum absolute atomic E-state index is 12.2. The van der Waals surface area contributed by atoms with Crippen LogP contribution in [0.3, 0.4) is 0 Å². The fourth-order valence-electron chi connectivity index (χ4n) is 2.30. The lowest BCUT2D eigenvalue weighted by Gasteiger charge is -2.09. The summed E-state index contributed by atoms with van der Waals surface area (Å²) in [7, 11) is -3.57. The van der Waals surface area contributed by atoms with E-state index in [4.69, 9.17) is 4.74 Å². The normalized spacial score (nSPS) is 11.4. The van der Waals surface area contributed by atoms with Gasteiger partial charge in [0.1, 0.15) is 0 Å². The van der Waals surface area contributed by atoms with Gasteiger partial charge in [0.2, 0.25) is 0 Å². The monoisotopic (exact) mass is 360 g/mol. The first kappa shape index (κ1) is 18.9. The maximum Gasteiger partial charge on any atom is 0.339 e. The highest BCUT2D eigenvalue weighted by atomic mass is 32.2. The molecule has 2 rings (SSSR count). The van der Waals surface area contributed by atoms with Crippen molar-refractivity contribution in [2.24, 2.45) is 0 Å². The van der Waals surface area contributed by atoms with Gasteiger partial charge in [-0.3, -0.25) is 4.79 Å². The average molecular weight is 360 g/mol. The third-order valence-electron chi connectivity index (χ3n) is 3.74. The maximum atomic E-state index is 12.2. The standard InChI is InChI=1S/C19H20O5S/c1-13(2)14-8-10-15(11-9-14)17(20)12-24-19(21)16-6-4-5-7-18(16)25(3,22)23/h4-11,13H,12H2,1-3H3. The second-order valence-corrected chi connectivity index (χ2v) is 8.03. The van der Waals surface area contributed by atoms with Crippen molar-refractivity contribution in [1.29, 1.82) is 0 Å². The minimum atomic E-state index is -3.57. The van der Waals surface area contributed by atoms with E-state index in [0.717, 1.165) is 11.8 Å². The summed E-state index contributed by atoms with van der Waals surface area (Å²) in [5.41, 5.74) is 1.47. The number of ketones is 1. The Bertz CT molecular complexity index is 880. The van der Waals surface area contributed by atoms with Crippen molar-refractivity contribution >= 4 is 21.6 Å². The first-order chi connectivity index (χ1) is 11.7. The summed E-state index contributed by atoms with van der Waals surface area (Å²) in [6.45, 7) is 3.66. The number of hydrogen-bond donors (Lipinski definition) is 0. The lowest BCUT2D eigenvalue weighted by atomic mass is 10.0. The minimum Gasteiger partial charge on any atom is -0.454 e. The van der Waals surface area contributed by atoms with E-state index in [1.807, 2.05) is 12.1 Å². The highest BCUT2D eigenvalue weighted by Crippen LogP contribution is 2.17. The van der Waals surface area contributed by atoms with Crippen molar-refractivity contribution in [3.05, 3.63) is 65.2 Å². The van der Waals surface area contributed by atoms with Crippen molar-refractivity contribution in [2.45, 2.75) is 24.7 Å². The Morgan fingerprint density at radius 3 is 2.16 bits per heavy atom. The summed E-state index contributed by atoms with van der Waals surface area (Å²) in [4.78, 5) is 24.2. The predicted molar refractivity (Wildman–Crippen MR) is 94.7 cm³/mol. The van der Waals surface area contributed by atoms with Crippen molar-refractivity contribution in [3.8, 4) is 0 Å². The number of rotatable bonds is 6. The summed E-state index contributed by atoms with van der Waals surface area (Å²) >= 11 is 0. The van der Waals surface area contributed by atoms with Crippen molar-refractivity contribution < 1.29 is 22.7 Å². The van der Waals surface area contributed by atoms with Gasteiger partial charge in [0, 0.05) is 11.8 Å². The van der Waals surface area contributed by atoms with E-state index >= 15 is 0 Å². The summed E-state index contributed by atoms with van der Waals surface area (Å²) < 4.78 is 28.5. The molecule has 0 aliphatic carbocycles. The number of carbonyl (C=O) groups is 2. The number of Topliss-reactive ketones (excluding diaryl/α,β-unsaturated/α-hetero) is 1.